The molecule has 1 aliphatic rings. The van der Waals surface area contributed by atoms with E-state index >= 15 is 0 Å². The molecule has 0 amide bonds. The standard InChI is InChI=1S/C13H18FNO3/c1-16-9-6-8(7-13(15)4-5-13)11(17-2)10(14)12(9)18-3/h6H,4-5,7,15H2,1-3H3. The van der Waals surface area contributed by atoms with Gasteiger partial charge in [0.05, 0.1) is 21.3 Å². The lowest BCUT2D eigenvalue weighted by atomic mass is 10.0. The molecule has 2 N–H and O–H groups in total. The Morgan fingerprint density at radius 1 is 1.17 bits per heavy atom. The van der Waals surface area contributed by atoms with E-state index in [1.807, 2.05) is 0 Å². The summed E-state index contributed by atoms with van der Waals surface area (Å²) >= 11 is 0. The van der Waals surface area contributed by atoms with Gasteiger partial charge in [0, 0.05) is 11.1 Å². The first-order valence-corrected chi connectivity index (χ1v) is 5.81. The molecule has 4 nitrogen and oxygen atoms in total. The Kier molecular flexibility index (Phi) is 3.34. The second-order valence-corrected chi connectivity index (χ2v) is 4.66. The molecule has 0 bridgehead atoms. The molecular formula is C13H18FNO3. The molecular weight excluding hydrogens is 237 g/mol. The monoisotopic (exact) mass is 255 g/mol. The number of rotatable bonds is 5. The molecule has 0 aliphatic heterocycles. The minimum atomic E-state index is -0.543. The fraction of sp³-hybridized carbons (Fsp3) is 0.538. The SMILES string of the molecule is COc1cc(CC2(N)CC2)c(OC)c(F)c1OC. The molecule has 0 aromatic heterocycles. The summed E-state index contributed by atoms with van der Waals surface area (Å²) in [4.78, 5) is 0. The second-order valence-electron chi connectivity index (χ2n) is 4.66. The largest absolute Gasteiger partial charge is 0.493 e. The summed E-state index contributed by atoms with van der Waals surface area (Å²) < 4.78 is 29.5. The molecule has 5 heteroatoms. The van der Waals surface area contributed by atoms with E-state index in [1.165, 1.54) is 21.3 Å². The highest BCUT2D eigenvalue weighted by atomic mass is 19.1. The molecule has 0 atom stereocenters. The third-order valence-electron chi connectivity index (χ3n) is 3.28. The Bertz CT molecular complexity index is 458. The van der Waals surface area contributed by atoms with Crippen LogP contribution in [0.15, 0.2) is 6.07 Å². The van der Waals surface area contributed by atoms with Crippen LogP contribution in [0, 0.1) is 5.82 Å². The van der Waals surface area contributed by atoms with Crippen molar-refractivity contribution in [1.29, 1.82) is 0 Å². The van der Waals surface area contributed by atoms with Gasteiger partial charge in [-0.05, 0) is 25.3 Å². The maximum Gasteiger partial charge on any atom is 0.210 e. The van der Waals surface area contributed by atoms with Crippen LogP contribution in [0.5, 0.6) is 17.2 Å². The Labute approximate surface area is 106 Å². The van der Waals surface area contributed by atoms with Gasteiger partial charge in [-0.1, -0.05) is 0 Å². The van der Waals surface area contributed by atoms with Crippen LogP contribution in [0.25, 0.3) is 0 Å². The number of hydrogen-bond acceptors (Lipinski definition) is 4. The van der Waals surface area contributed by atoms with Gasteiger partial charge in [0.2, 0.25) is 11.6 Å². The Morgan fingerprint density at radius 2 is 1.78 bits per heavy atom. The summed E-state index contributed by atoms with van der Waals surface area (Å²) in [6.45, 7) is 0. The highest BCUT2D eigenvalue weighted by molar-refractivity contribution is 5.53. The van der Waals surface area contributed by atoms with Crippen LogP contribution in [-0.2, 0) is 6.42 Å². The lowest BCUT2D eigenvalue weighted by Gasteiger charge is -2.17. The molecule has 0 radical (unpaired) electrons. The molecule has 0 heterocycles. The van der Waals surface area contributed by atoms with E-state index in [-0.39, 0.29) is 17.0 Å². The predicted molar refractivity (Wildman–Crippen MR) is 65.9 cm³/mol. The minimum absolute atomic E-state index is 0.0555. The van der Waals surface area contributed by atoms with Crippen molar-refractivity contribution in [1.82, 2.24) is 0 Å². The van der Waals surface area contributed by atoms with Gasteiger partial charge in [-0.3, -0.25) is 0 Å². The van der Waals surface area contributed by atoms with Gasteiger partial charge < -0.3 is 19.9 Å². The van der Waals surface area contributed by atoms with Crippen molar-refractivity contribution in [2.24, 2.45) is 5.73 Å². The Balaban J connectivity index is 2.47. The topological polar surface area (TPSA) is 53.7 Å². The van der Waals surface area contributed by atoms with E-state index in [0.717, 1.165) is 12.8 Å². The minimum Gasteiger partial charge on any atom is -0.493 e. The summed E-state index contributed by atoms with van der Waals surface area (Å²) in [6, 6.07) is 1.73. The molecule has 100 valence electrons. The van der Waals surface area contributed by atoms with Crippen LogP contribution < -0.4 is 19.9 Å². The molecule has 1 fully saturated rings. The third-order valence-corrected chi connectivity index (χ3v) is 3.28. The first kappa shape index (κ1) is 13.0. The molecule has 18 heavy (non-hydrogen) atoms. The first-order chi connectivity index (χ1) is 8.54. The third kappa shape index (κ3) is 2.22. The van der Waals surface area contributed by atoms with Crippen LogP contribution in [0.3, 0.4) is 0 Å². The number of benzene rings is 1. The quantitative estimate of drug-likeness (QED) is 0.873. The Hall–Kier alpha value is -1.49. The summed E-state index contributed by atoms with van der Waals surface area (Å²) in [6.07, 6.45) is 2.48. The maximum absolute atomic E-state index is 14.2. The van der Waals surface area contributed by atoms with Gasteiger partial charge in [-0.15, -0.1) is 0 Å². The van der Waals surface area contributed by atoms with Crippen molar-refractivity contribution in [3.8, 4) is 17.2 Å². The molecule has 1 aliphatic carbocycles. The van der Waals surface area contributed by atoms with Gasteiger partial charge >= 0.3 is 0 Å². The van der Waals surface area contributed by atoms with Crippen LogP contribution in [0.1, 0.15) is 18.4 Å². The average molecular weight is 255 g/mol. The van der Waals surface area contributed by atoms with E-state index in [4.69, 9.17) is 19.9 Å². The number of hydrogen-bond donors (Lipinski definition) is 1. The van der Waals surface area contributed by atoms with Crippen LogP contribution >= 0.6 is 0 Å². The highest BCUT2D eigenvalue weighted by Crippen LogP contribution is 2.43. The van der Waals surface area contributed by atoms with Crippen molar-refractivity contribution in [3.63, 3.8) is 0 Å². The van der Waals surface area contributed by atoms with Gasteiger partial charge in [0.15, 0.2) is 11.5 Å². The van der Waals surface area contributed by atoms with E-state index in [9.17, 15) is 4.39 Å². The van der Waals surface area contributed by atoms with Gasteiger partial charge in [0.1, 0.15) is 0 Å². The molecule has 1 aromatic rings. The molecule has 1 aromatic carbocycles. The van der Waals surface area contributed by atoms with Crippen molar-refractivity contribution in [2.75, 3.05) is 21.3 Å². The van der Waals surface area contributed by atoms with Crippen molar-refractivity contribution >= 4 is 0 Å². The predicted octanol–water partition coefficient (Wildman–Crippen LogP) is 1.89. The first-order valence-electron chi connectivity index (χ1n) is 5.81. The van der Waals surface area contributed by atoms with Crippen LogP contribution in [0.2, 0.25) is 0 Å². The average Bonchev–Trinajstić information content (AvgIpc) is 3.06. The lowest BCUT2D eigenvalue weighted by molar-refractivity contribution is 0.318. The summed E-state index contributed by atoms with van der Waals surface area (Å²) in [7, 11) is 4.30. The van der Waals surface area contributed by atoms with Crippen molar-refractivity contribution < 1.29 is 18.6 Å². The van der Waals surface area contributed by atoms with E-state index in [0.29, 0.717) is 17.7 Å². The van der Waals surface area contributed by atoms with Gasteiger partial charge in [-0.2, -0.15) is 4.39 Å². The number of nitrogens with two attached hydrogens (primary N) is 1. The zero-order valence-corrected chi connectivity index (χ0v) is 10.9. The van der Waals surface area contributed by atoms with Crippen LogP contribution in [-0.4, -0.2) is 26.9 Å². The second kappa shape index (κ2) is 4.65. The molecule has 0 spiro atoms. The highest BCUT2D eigenvalue weighted by Gasteiger charge is 2.39. The summed E-state index contributed by atoms with van der Waals surface area (Å²) in [5.41, 5.74) is 6.56. The summed E-state index contributed by atoms with van der Waals surface area (Å²) in [5.74, 6) is 0.0537. The normalized spacial score (nSPS) is 16.3. The van der Waals surface area contributed by atoms with Crippen molar-refractivity contribution in [2.45, 2.75) is 24.8 Å². The van der Waals surface area contributed by atoms with Gasteiger partial charge in [-0.25, -0.2) is 0 Å². The van der Waals surface area contributed by atoms with Crippen molar-refractivity contribution in [3.05, 3.63) is 17.4 Å². The maximum atomic E-state index is 14.2. The lowest BCUT2D eigenvalue weighted by Crippen LogP contribution is -2.25. The fourth-order valence-electron chi connectivity index (χ4n) is 2.05. The molecule has 0 unspecified atom stereocenters. The zero-order valence-electron chi connectivity index (χ0n) is 10.9. The smallest absolute Gasteiger partial charge is 0.210 e. The number of ether oxygens (including phenoxy) is 3. The fourth-order valence-corrected chi connectivity index (χ4v) is 2.05. The summed E-state index contributed by atoms with van der Waals surface area (Å²) in [5, 5.41) is 0. The molecule has 1 saturated carbocycles. The molecule has 0 saturated heterocycles. The van der Waals surface area contributed by atoms with E-state index in [2.05, 4.69) is 0 Å². The van der Waals surface area contributed by atoms with E-state index < -0.39 is 5.82 Å². The number of methoxy groups -OCH3 is 3. The molecule has 2 rings (SSSR count). The Morgan fingerprint density at radius 3 is 2.22 bits per heavy atom. The van der Waals surface area contributed by atoms with E-state index in [1.54, 1.807) is 6.07 Å². The van der Waals surface area contributed by atoms with Gasteiger partial charge in [0.25, 0.3) is 0 Å². The van der Waals surface area contributed by atoms with Crippen LogP contribution in [0.4, 0.5) is 4.39 Å². The zero-order chi connectivity index (χ0) is 13.3. The number of halogens is 1.